The number of nitrogens with two attached hydrogens (primary N) is 1. The molecule has 6 heteroatoms. The van der Waals surface area contributed by atoms with Crippen LogP contribution in [0.15, 0.2) is 36.4 Å². The van der Waals surface area contributed by atoms with E-state index in [0.29, 0.717) is 11.3 Å². The van der Waals surface area contributed by atoms with Crippen molar-refractivity contribution in [2.75, 3.05) is 7.11 Å². The van der Waals surface area contributed by atoms with Gasteiger partial charge in [0.1, 0.15) is 18.2 Å². The molecule has 0 aliphatic carbocycles. The fourth-order valence-corrected chi connectivity index (χ4v) is 1.98. The number of amidine groups is 1. The normalized spacial score (nSPS) is 10.2. The van der Waals surface area contributed by atoms with Gasteiger partial charge in [-0.2, -0.15) is 0 Å². The molecule has 0 aliphatic heterocycles. The van der Waals surface area contributed by atoms with E-state index in [1.54, 1.807) is 24.3 Å². The fraction of sp³-hybridized carbons (Fsp3) is 0.133. The summed E-state index contributed by atoms with van der Waals surface area (Å²) in [5, 5.41) is 7.52. The van der Waals surface area contributed by atoms with E-state index in [4.69, 9.17) is 32.2 Å². The Bertz CT molecular complexity index is 677. The minimum atomic E-state index is -0.598. The average Bonchev–Trinajstić information content (AvgIpc) is 2.48. The van der Waals surface area contributed by atoms with Crippen molar-refractivity contribution in [3.63, 3.8) is 0 Å². The fourth-order valence-electron chi connectivity index (χ4n) is 1.81. The molecule has 0 fully saturated rings. The Labute approximate surface area is 126 Å². The summed E-state index contributed by atoms with van der Waals surface area (Å²) in [7, 11) is 1.50. The van der Waals surface area contributed by atoms with Gasteiger partial charge in [0.15, 0.2) is 11.6 Å². The Morgan fingerprint density at radius 3 is 2.71 bits per heavy atom. The van der Waals surface area contributed by atoms with Gasteiger partial charge in [0, 0.05) is 0 Å². The first-order chi connectivity index (χ1) is 10.0. The summed E-state index contributed by atoms with van der Waals surface area (Å²) in [4.78, 5) is 0. The molecule has 0 saturated heterocycles. The summed E-state index contributed by atoms with van der Waals surface area (Å²) in [6.07, 6.45) is 0. The molecule has 0 atom stereocenters. The highest BCUT2D eigenvalue weighted by Gasteiger charge is 2.10. The largest absolute Gasteiger partial charge is 0.496 e. The predicted octanol–water partition coefficient (Wildman–Crippen LogP) is 3.35. The van der Waals surface area contributed by atoms with Crippen molar-refractivity contribution in [3.05, 3.63) is 58.4 Å². The number of hydrogen-bond donors (Lipinski definition) is 2. The Kier molecular flexibility index (Phi) is 4.65. The molecule has 0 unspecified atom stereocenters. The van der Waals surface area contributed by atoms with Crippen LogP contribution in [0.4, 0.5) is 4.39 Å². The topological polar surface area (TPSA) is 68.3 Å². The van der Waals surface area contributed by atoms with Crippen molar-refractivity contribution < 1.29 is 13.9 Å². The highest BCUT2D eigenvalue weighted by molar-refractivity contribution is 6.30. The van der Waals surface area contributed by atoms with Crippen LogP contribution >= 0.6 is 11.6 Å². The van der Waals surface area contributed by atoms with E-state index in [0.717, 1.165) is 5.56 Å². The Morgan fingerprint density at radius 2 is 2.05 bits per heavy atom. The third-order valence-electron chi connectivity index (χ3n) is 2.86. The SMILES string of the molecule is COc1ccc(COc2cccc(Cl)c2F)cc1C(=N)N. The van der Waals surface area contributed by atoms with Crippen LogP contribution in [0.5, 0.6) is 11.5 Å². The molecule has 3 N–H and O–H groups in total. The maximum absolute atomic E-state index is 13.7. The minimum absolute atomic E-state index is 0.00616. The van der Waals surface area contributed by atoms with Crippen LogP contribution in [0.3, 0.4) is 0 Å². The Hall–Kier alpha value is -2.27. The van der Waals surface area contributed by atoms with Crippen LogP contribution in [-0.4, -0.2) is 12.9 Å². The standard InChI is InChI=1S/C15H14ClFN2O2/c1-20-12-6-5-9(7-10(12)15(18)19)8-21-13-4-2-3-11(16)14(13)17/h2-7H,8H2,1H3,(H3,18,19). The van der Waals surface area contributed by atoms with Gasteiger partial charge >= 0.3 is 0 Å². The van der Waals surface area contributed by atoms with E-state index in [1.165, 1.54) is 19.2 Å². The average molecular weight is 309 g/mol. The maximum Gasteiger partial charge on any atom is 0.183 e. The number of benzene rings is 2. The summed E-state index contributed by atoms with van der Waals surface area (Å²) in [6, 6.07) is 9.67. The molecule has 0 saturated carbocycles. The van der Waals surface area contributed by atoms with E-state index in [-0.39, 0.29) is 23.2 Å². The van der Waals surface area contributed by atoms with Crippen molar-refractivity contribution in [2.24, 2.45) is 5.73 Å². The van der Waals surface area contributed by atoms with Gasteiger partial charge in [-0.1, -0.05) is 23.7 Å². The number of halogens is 2. The van der Waals surface area contributed by atoms with Gasteiger partial charge in [0.05, 0.1) is 17.7 Å². The molecule has 0 radical (unpaired) electrons. The molecule has 0 amide bonds. The molecule has 110 valence electrons. The van der Waals surface area contributed by atoms with E-state index in [1.807, 2.05) is 0 Å². The summed E-state index contributed by atoms with van der Waals surface area (Å²) >= 11 is 5.69. The Balaban J connectivity index is 2.19. The molecule has 2 aromatic rings. The smallest absolute Gasteiger partial charge is 0.183 e. The van der Waals surface area contributed by atoms with Crippen molar-refractivity contribution in [1.82, 2.24) is 0 Å². The van der Waals surface area contributed by atoms with Crippen molar-refractivity contribution in [3.8, 4) is 11.5 Å². The molecule has 0 aromatic heterocycles. The number of nitrogens with one attached hydrogen (secondary N) is 1. The highest BCUT2D eigenvalue weighted by atomic mass is 35.5. The number of methoxy groups -OCH3 is 1. The molecule has 0 aliphatic rings. The first-order valence-corrected chi connectivity index (χ1v) is 6.49. The summed E-state index contributed by atoms with van der Waals surface area (Å²) < 4.78 is 24.2. The third-order valence-corrected chi connectivity index (χ3v) is 3.16. The number of ether oxygens (including phenoxy) is 2. The quantitative estimate of drug-likeness (QED) is 0.657. The monoisotopic (exact) mass is 308 g/mol. The molecule has 2 aromatic carbocycles. The lowest BCUT2D eigenvalue weighted by molar-refractivity contribution is 0.290. The van der Waals surface area contributed by atoms with E-state index in [9.17, 15) is 4.39 Å². The lowest BCUT2D eigenvalue weighted by atomic mass is 10.1. The lowest BCUT2D eigenvalue weighted by Crippen LogP contribution is -2.13. The zero-order chi connectivity index (χ0) is 15.4. The second-order valence-electron chi connectivity index (χ2n) is 4.29. The van der Waals surface area contributed by atoms with Crippen LogP contribution in [0.2, 0.25) is 5.02 Å². The van der Waals surface area contributed by atoms with Crippen molar-refractivity contribution in [2.45, 2.75) is 6.61 Å². The first kappa shape index (κ1) is 15.1. The second-order valence-corrected chi connectivity index (χ2v) is 4.70. The van der Waals surface area contributed by atoms with Crippen LogP contribution < -0.4 is 15.2 Å². The lowest BCUT2D eigenvalue weighted by Gasteiger charge is -2.11. The number of rotatable bonds is 5. The summed E-state index contributed by atoms with van der Waals surface area (Å²) in [6.45, 7) is 0.127. The van der Waals surface area contributed by atoms with E-state index < -0.39 is 5.82 Å². The summed E-state index contributed by atoms with van der Waals surface area (Å²) in [5.41, 5.74) is 6.69. The van der Waals surface area contributed by atoms with Gasteiger partial charge in [-0.3, -0.25) is 5.41 Å². The second kappa shape index (κ2) is 6.45. The van der Waals surface area contributed by atoms with Crippen LogP contribution in [0.1, 0.15) is 11.1 Å². The van der Waals surface area contributed by atoms with Gasteiger partial charge in [0.25, 0.3) is 0 Å². The molecule has 4 nitrogen and oxygen atoms in total. The molecule has 2 rings (SSSR count). The first-order valence-electron chi connectivity index (χ1n) is 6.11. The van der Waals surface area contributed by atoms with Crippen LogP contribution in [-0.2, 0) is 6.61 Å². The van der Waals surface area contributed by atoms with Gasteiger partial charge in [0.2, 0.25) is 0 Å². The molecule has 0 heterocycles. The van der Waals surface area contributed by atoms with Crippen molar-refractivity contribution in [1.29, 1.82) is 5.41 Å². The molecular weight excluding hydrogens is 295 g/mol. The maximum atomic E-state index is 13.7. The van der Waals surface area contributed by atoms with Crippen LogP contribution in [0.25, 0.3) is 0 Å². The minimum Gasteiger partial charge on any atom is -0.496 e. The van der Waals surface area contributed by atoms with E-state index in [2.05, 4.69) is 0 Å². The molecular formula is C15H14ClFN2O2. The zero-order valence-electron chi connectivity index (χ0n) is 11.3. The summed E-state index contributed by atoms with van der Waals surface area (Å²) in [5.74, 6) is -0.134. The highest BCUT2D eigenvalue weighted by Crippen LogP contribution is 2.25. The van der Waals surface area contributed by atoms with Gasteiger partial charge in [-0.15, -0.1) is 0 Å². The number of hydrogen-bond acceptors (Lipinski definition) is 3. The third kappa shape index (κ3) is 3.44. The van der Waals surface area contributed by atoms with Gasteiger partial charge in [-0.05, 0) is 29.8 Å². The molecule has 21 heavy (non-hydrogen) atoms. The van der Waals surface area contributed by atoms with Gasteiger partial charge in [-0.25, -0.2) is 4.39 Å². The number of nitrogen functional groups attached to an aromatic ring is 1. The zero-order valence-corrected chi connectivity index (χ0v) is 12.1. The van der Waals surface area contributed by atoms with Crippen molar-refractivity contribution >= 4 is 17.4 Å². The Morgan fingerprint density at radius 1 is 1.29 bits per heavy atom. The molecule has 0 spiro atoms. The van der Waals surface area contributed by atoms with Crippen LogP contribution in [0, 0.1) is 11.2 Å². The van der Waals surface area contributed by atoms with Gasteiger partial charge < -0.3 is 15.2 Å². The predicted molar refractivity (Wildman–Crippen MR) is 79.8 cm³/mol. The van der Waals surface area contributed by atoms with E-state index >= 15 is 0 Å². The molecule has 0 bridgehead atoms.